The van der Waals surface area contributed by atoms with Gasteiger partial charge in [0.2, 0.25) is 11.5 Å². The van der Waals surface area contributed by atoms with Gasteiger partial charge in [-0.25, -0.2) is 9.18 Å². The molecule has 15 heteroatoms. The van der Waals surface area contributed by atoms with Crippen LogP contribution in [0.4, 0.5) is 9.52 Å². The van der Waals surface area contributed by atoms with Crippen LogP contribution < -0.4 is 11.1 Å². The zero-order chi connectivity index (χ0) is 25.2. The molecular weight excluding hydrogens is 501 g/mol. The lowest BCUT2D eigenvalue weighted by Crippen LogP contribution is -2.71. The second kappa shape index (κ2) is 10.3. The average molecular weight is 527 g/mol. The number of quaternary nitrogens is 1. The number of thioether (sulfide) groups is 1. The number of anilines is 1. The molecule has 12 nitrogen and oxygen atoms in total. The number of likely N-dealkylation sites (tertiary alicyclic amines) is 1. The Labute approximate surface area is 208 Å². The van der Waals surface area contributed by atoms with E-state index in [0.717, 1.165) is 35.6 Å². The number of halogens is 1. The summed E-state index contributed by atoms with van der Waals surface area (Å²) < 4.78 is 17.2. The van der Waals surface area contributed by atoms with E-state index in [1.54, 1.807) is 6.08 Å². The molecule has 1 aromatic rings. The number of alkyl halides is 1. The second-order valence-corrected chi connectivity index (χ2v) is 10.4. The summed E-state index contributed by atoms with van der Waals surface area (Å²) in [6.07, 6.45) is 6.11. The number of allylic oxidation sites excluding steroid dienone is 1. The molecule has 0 bridgehead atoms. The summed E-state index contributed by atoms with van der Waals surface area (Å²) in [6, 6.07) is -1.01. The van der Waals surface area contributed by atoms with Crippen LogP contribution in [0.1, 0.15) is 18.7 Å². The van der Waals surface area contributed by atoms with E-state index in [2.05, 4.69) is 31.7 Å². The van der Waals surface area contributed by atoms with Gasteiger partial charge in [0, 0.05) is 30.1 Å². The zero-order valence-corrected chi connectivity index (χ0v) is 20.5. The van der Waals surface area contributed by atoms with Crippen LogP contribution in [0.3, 0.4) is 0 Å². The number of hydrogen-bond acceptors (Lipinski definition) is 10. The van der Waals surface area contributed by atoms with Crippen LogP contribution in [0.5, 0.6) is 0 Å². The summed E-state index contributed by atoms with van der Waals surface area (Å²) in [6.45, 7) is 1.67. The van der Waals surface area contributed by atoms with Crippen LogP contribution in [-0.2, 0) is 19.2 Å². The Kier molecular flexibility index (Phi) is 7.37. The molecule has 2 amide bonds. The molecule has 2 saturated heterocycles. The number of likely N-dealkylation sites (N-methyl/N-ethyl adjacent to an activating group) is 1. The van der Waals surface area contributed by atoms with Crippen molar-refractivity contribution < 1.29 is 33.2 Å². The molecule has 35 heavy (non-hydrogen) atoms. The molecule has 2 atom stereocenters. The average Bonchev–Trinajstić information content (AvgIpc) is 3.45. The number of nitrogens with zero attached hydrogens (tertiary/aromatic N) is 5. The number of aromatic nitrogens is 2. The molecule has 0 saturated carbocycles. The van der Waals surface area contributed by atoms with E-state index in [1.165, 1.54) is 29.5 Å². The minimum absolute atomic E-state index is 0.0621. The predicted molar refractivity (Wildman–Crippen MR) is 127 cm³/mol. The van der Waals surface area contributed by atoms with Crippen molar-refractivity contribution in [3.63, 3.8) is 0 Å². The van der Waals surface area contributed by atoms with Gasteiger partial charge in [-0.2, -0.15) is 9.36 Å². The summed E-state index contributed by atoms with van der Waals surface area (Å²) in [5, 5.41) is 15.2. The highest BCUT2D eigenvalue weighted by molar-refractivity contribution is 8.00. The highest BCUT2D eigenvalue weighted by Crippen LogP contribution is 2.40. The Morgan fingerprint density at radius 2 is 2.17 bits per heavy atom. The van der Waals surface area contributed by atoms with Gasteiger partial charge < -0.3 is 25.5 Å². The van der Waals surface area contributed by atoms with Crippen molar-refractivity contribution in [1.82, 2.24) is 19.6 Å². The van der Waals surface area contributed by atoms with Gasteiger partial charge in [0.25, 0.3) is 18.7 Å². The van der Waals surface area contributed by atoms with Gasteiger partial charge in [-0.3, -0.25) is 14.5 Å². The molecule has 4 heterocycles. The molecule has 0 unspecified atom stereocenters. The number of aliphatic carboxylic acids is 1. The van der Waals surface area contributed by atoms with Crippen molar-refractivity contribution in [3.05, 3.63) is 29.2 Å². The van der Waals surface area contributed by atoms with Gasteiger partial charge in [0.15, 0.2) is 5.13 Å². The van der Waals surface area contributed by atoms with E-state index in [-0.39, 0.29) is 16.7 Å². The largest absolute Gasteiger partial charge is 0.477 e. The topological polar surface area (TPSA) is 160 Å². The van der Waals surface area contributed by atoms with Crippen LogP contribution in [-0.4, -0.2) is 98.1 Å². The number of nitrogens with two attached hydrogens (primary N) is 1. The molecule has 0 radical (unpaired) electrons. The normalized spacial score (nSPS) is 23.9. The van der Waals surface area contributed by atoms with Crippen molar-refractivity contribution in [2.24, 2.45) is 5.16 Å². The molecule has 188 valence electrons. The number of amides is 2. The number of nitrogens with one attached hydrogen (secondary N) is 1. The molecule has 2 fully saturated rings. The molecule has 3 aliphatic rings. The number of carbonyl (C=O) groups is 3. The standard InChI is InChI=1S/C20H24FN7O5S2/c1-28(6-2-3-7-28)8-4-5-11-9-34-18-13(17(30)27(18)14(11)19(31)32)23-16(29)12(25-33-10-21)15-24-20(22)35-26-15/h4-5,13,18H,2-3,6-10H2,1H3,(H3-,22,23,24,26,29,31,32)/p+1/b5-4+,25-12-/t13-,18-/m1/s1. The number of β-lactam (4-membered cyclic amide) rings is 1. The zero-order valence-electron chi connectivity index (χ0n) is 18.8. The minimum Gasteiger partial charge on any atom is -0.477 e. The van der Waals surface area contributed by atoms with Crippen LogP contribution in [0, 0.1) is 0 Å². The number of oxime groups is 1. The lowest BCUT2D eigenvalue weighted by Gasteiger charge is -2.49. The van der Waals surface area contributed by atoms with E-state index in [4.69, 9.17) is 5.73 Å². The first kappa shape index (κ1) is 25.1. The minimum atomic E-state index is -1.29. The lowest BCUT2D eigenvalue weighted by molar-refractivity contribution is -0.891. The molecule has 0 spiro atoms. The van der Waals surface area contributed by atoms with Crippen LogP contribution in [0.2, 0.25) is 0 Å². The quantitative estimate of drug-likeness (QED) is 0.178. The predicted octanol–water partition coefficient (Wildman–Crippen LogP) is 0.303. The van der Waals surface area contributed by atoms with Crippen LogP contribution >= 0.6 is 23.3 Å². The fourth-order valence-corrected chi connectivity index (χ4v) is 6.07. The van der Waals surface area contributed by atoms with Crippen LogP contribution in [0.15, 0.2) is 28.6 Å². The van der Waals surface area contributed by atoms with Gasteiger partial charge in [0.1, 0.15) is 17.1 Å². The first-order chi connectivity index (χ1) is 16.7. The van der Waals surface area contributed by atoms with Gasteiger partial charge >= 0.3 is 5.97 Å². The van der Waals surface area contributed by atoms with Crippen molar-refractivity contribution in [2.75, 3.05) is 45.0 Å². The van der Waals surface area contributed by atoms with Gasteiger partial charge in [-0.1, -0.05) is 11.2 Å². The Morgan fingerprint density at radius 1 is 1.43 bits per heavy atom. The Bertz CT molecular complexity index is 1120. The first-order valence-corrected chi connectivity index (χ1v) is 12.6. The number of nitrogen functional groups attached to an aromatic ring is 1. The first-order valence-electron chi connectivity index (χ1n) is 10.8. The second-order valence-electron chi connectivity index (χ2n) is 8.53. The smallest absolute Gasteiger partial charge is 0.352 e. The summed E-state index contributed by atoms with van der Waals surface area (Å²) >= 11 is 2.15. The summed E-state index contributed by atoms with van der Waals surface area (Å²) in [7, 11) is 2.17. The Balaban J connectivity index is 1.48. The number of carboxylic acids is 1. The molecule has 3 aliphatic heterocycles. The summed E-state index contributed by atoms with van der Waals surface area (Å²) in [5.41, 5.74) is 5.55. The fraction of sp³-hybridized carbons (Fsp3) is 0.500. The van der Waals surface area contributed by atoms with E-state index in [0.29, 0.717) is 11.3 Å². The number of carbonyl (C=O) groups excluding carboxylic acids is 2. The maximum atomic E-state index is 12.9. The monoisotopic (exact) mass is 526 g/mol. The van der Waals surface area contributed by atoms with Crippen molar-refractivity contribution in [2.45, 2.75) is 24.3 Å². The molecule has 0 aromatic carbocycles. The van der Waals surface area contributed by atoms with E-state index >= 15 is 0 Å². The number of carboxylic acid groups (broad SMARTS) is 1. The van der Waals surface area contributed by atoms with Gasteiger partial charge in [0.05, 0.1) is 26.7 Å². The van der Waals surface area contributed by atoms with Gasteiger partial charge in [-0.05, 0) is 11.6 Å². The highest BCUT2D eigenvalue weighted by Gasteiger charge is 2.54. The van der Waals surface area contributed by atoms with Crippen LogP contribution in [0.25, 0.3) is 0 Å². The highest BCUT2D eigenvalue weighted by atomic mass is 32.2. The molecule has 0 aliphatic carbocycles. The van der Waals surface area contributed by atoms with E-state index in [9.17, 15) is 23.9 Å². The Morgan fingerprint density at radius 3 is 2.80 bits per heavy atom. The SMILES string of the molecule is C[N+]1(C/C=C/C2=C(C(=O)O)N3C(=O)[C@@H](NC(=O)/C(=N\OCF)c4nsc(N)n4)[C@H]3SC2)CCCC1. The van der Waals surface area contributed by atoms with E-state index in [1.807, 2.05) is 6.08 Å². The summed E-state index contributed by atoms with van der Waals surface area (Å²) in [4.78, 5) is 47.1. The molecule has 4 N–H and O–H groups in total. The third kappa shape index (κ3) is 5.16. The number of fused-ring (bicyclic) bond motifs is 1. The fourth-order valence-electron chi connectivity index (χ4n) is 4.32. The maximum absolute atomic E-state index is 12.9. The lowest BCUT2D eigenvalue weighted by atomic mass is 10.0. The third-order valence-electron chi connectivity index (χ3n) is 6.07. The number of rotatable bonds is 9. The van der Waals surface area contributed by atoms with Crippen molar-refractivity contribution >= 4 is 51.9 Å². The third-order valence-corrected chi connectivity index (χ3v) is 7.92. The van der Waals surface area contributed by atoms with Crippen molar-refractivity contribution in [1.29, 1.82) is 0 Å². The Hall–Kier alpha value is -3.04. The van der Waals surface area contributed by atoms with E-state index < -0.39 is 41.8 Å². The molecular formula is C20H25FN7O5S2+. The summed E-state index contributed by atoms with van der Waals surface area (Å²) in [5.74, 6) is -2.47. The maximum Gasteiger partial charge on any atom is 0.352 e. The van der Waals surface area contributed by atoms with Crippen molar-refractivity contribution in [3.8, 4) is 0 Å². The molecule has 4 rings (SSSR count). The van der Waals surface area contributed by atoms with Gasteiger partial charge in [-0.15, -0.1) is 11.8 Å². The molecule has 1 aromatic heterocycles. The number of hydrogen-bond donors (Lipinski definition) is 3.